The molecule has 0 saturated carbocycles. The molecule has 1 unspecified atom stereocenters. The van der Waals surface area contributed by atoms with E-state index in [1.807, 2.05) is 25.7 Å². The molecule has 3 nitrogen and oxygen atoms in total. The summed E-state index contributed by atoms with van der Waals surface area (Å²) in [6.45, 7) is 3.17. The average molecular weight is 264 g/mol. The third kappa shape index (κ3) is 3.06. The lowest BCUT2D eigenvalue weighted by molar-refractivity contribution is -0.128. The Hall–Kier alpha value is -1.00. The van der Waals surface area contributed by atoms with Crippen LogP contribution in [-0.4, -0.2) is 36.7 Å². The number of nitrogens with one attached hydrogen (secondary N) is 1. The van der Waals surface area contributed by atoms with E-state index in [0.717, 1.165) is 18.1 Å². The number of amides is 1. The second-order valence-electron chi connectivity index (χ2n) is 4.56. The number of carbonyl (C=O) groups is 1. The van der Waals surface area contributed by atoms with Crippen LogP contribution in [0.15, 0.2) is 24.3 Å². The van der Waals surface area contributed by atoms with Crippen molar-refractivity contribution < 1.29 is 4.79 Å². The molecular weight excluding hydrogens is 244 g/mol. The van der Waals surface area contributed by atoms with Gasteiger partial charge >= 0.3 is 0 Å². The number of benzene rings is 1. The van der Waals surface area contributed by atoms with Crippen molar-refractivity contribution in [2.75, 3.05) is 25.9 Å². The van der Waals surface area contributed by atoms with E-state index in [2.05, 4.69) is 29.6 Å². The summed E-state index contributed by atoms with van der Waals surface area (Å²) >= 11 is 1.92. The molecule has 4 heteroatoms. The Kier molecular flexibility index (Phi) is 4.66. The SMILES string of the molecule is CCN(C)C(=O)CNC1CSCc2ccccc21. The molecule has 0 fully saturated rings. The molecule has 18 heavy (non-hydrogen) atoms. The topological polar surface area (TPSA) is 32.3 Å². The van der Waals surface area contributed by atoms with E-state index in [4.69, 9.17) is 0 Å². The highest BCUT2D eigenvalue weighted by atomic mass is 32.2. The van der Waals surface area contributed by atoms with E-state index in [-0.39, 0.29) is 5.91 Å². The van der Waals surface area contributed by atoms with E-state index < -0.39 is 0 Å². The van der Waals surface area contributed by atoms with Gasteiger partial charge in [-0.25, -0.2) is 0 Å². The Balaban J connectivity index is 1.97. The number of fused-ring (bicyclic) bond motifs is 1. The van der Waals surface area contributed by atoms with Gasteiger partial charge in [0.05, 0.1) is 6.54 Å². The maximum Gasteiger partial charge on any atom is 0.236 e. The molecule has 2 rings (SSSR count). The number of nitrogens with zero attached hydrogens (tertiary/aromatic N) is 1. The van der Waals surface area contributed by atoms with Crippen LogP contribution in [0.3, 0.4) is 0 Å². The predicted octanol–water partition coefficient (Wildman–Crippen LogP) is 2.04. The van der Waals surface area contributed by atoms with Crippen molar-refractivity contribution >= 4 is 17.7 Å². The molecule has 0 spiro atoms. The van der Waals surface area contributed by atoms with Crippen molar-refractivity contribution in [2.24, 2.45) is 0 Å². The molecule has 1 atom stereocenters. The highest BCUT2D eigenvalue weighted by Crippen LogP contribution is 2.31. The van der Waals surface area contributed by atoms with Crippen LogP contribution < -0.4 is 5.32 Å². The van der Waals surface area contributed by atoms with Gasteiger partial charge in [0.25, 0.3) is 0 Å². The molecule has 1 heterocycles. The first-order chi connectivity index (χ1) is 8.72. The first kappa shape index (κ1) is 13.4. The summed E-state index contributed by atoms with van der Waals surface area (Å²) in [5.41, 5.74) is 2.74. The number of hydrogen-bond donors (Lipinski definition) is 1. The Bertz CT molecular complexity index is 422. The zero-order chi connectivity index (χ0) is 13.0. The van der Waals surface area contributed by atoms with Crippen molar-refractivity contribution in [3.05, 3.63) is 35.4 Å². The van der Waals surface area contributed by atoms with Gasteiger partial charge in [0.2, 0.25) is 5.91 Å². The highest BCUT2D eigenvalue weighted by Gasteiger charge is 2.20. The molecule has 1 aliphatic rings. The van der Waals surface area contributed by atoms with Crippen LogP contribution in [0.1, 0.15) is 24.1 Å². The van der Waals surface area contributed by atoms with E-state index in [9.17, 15) is 4.79 Å². The Morgan fingerprint density at radius 3 is 3.06 bits per heavy atom. The van der Waals surface area contributed by atoms with Gasteiger partial charge in [0.1, 0.15) is 0 Å². The normalized spacial score (nSPS) is 18.2. The number of thioether (sulfide) groups is 1. The minimum absolute atomic E-state index is 0.158. The maximum absolute atomic E-state index is 11.8. The van der Waals surface area contributed by atoms with E-state index in [0.29, 0.717) is 12.6 Å². The molecule has 1 aliphatic heterocycles. The van der Waals surface area contributed by atoms with Crippen LogP contribution in [-0.2, 0) is 10.5 Å². The number of hydrogen-bond acceptors (Lipinski definition) is 3. The van der Waals surface area contributed by atoms with Crippen molar-refractivity contribution in [3.8, 4) is 0 Å². The molecule has 0 aromatic heterocycles. The molecule has 1 amide bonds. The molecule has 0 saturated heterocycles. The van der Waals surface area contributed by atoms with Crippen molar-refractivity contribution in [1.29, 1.82) is 0 Å². The zero-order valence-corrected chi connectivity index (χ0v) is 11.8. The van der Waals surface area contributed by atoms with Gasteiger partial charge < -0.3 is 10.2 Å². The zero-order valence-electron chi connectivity index (χ0n) is 11.0. The Morgan fingerprint density at radius 1 is 1.50 bits per heavy atom. The fourth-order valence-electron chi connectivity index (χ4n) is 2.07. The number of carbonyl (C=O) groups excluding carboxylic acids is 1. The molecule has 0 bridgehead atoms. The summed E-state index contributed by atoms with van der Waals surface area (Å²) in [5.74, 6) is 2.28. The lowest BCUT2D eigenvalue weighted by Crippen LogP contribution is -2.38. The first-order valence-corrected chi connectivity index (χ1v) is 7.50. The molecule has 1 N–H and O–H groups in total. The summed E-state index contributed by atoms with van der Waals surface area (Å²) in [4.78, 5) is 13.5. The van der Waals surface area contributed by atoms with Gasteiger partial charge in [-0.2, -0.15) is 11.8 Å². The molecule has 1 aromatic carbocycles. The first-order valence-electron chi connectivity index (χ1n) is 6.35. The number of rotatable bonds is 4. The Labute approximate surface area is 113 Å². The maximum atomic E-state index is 11.8. The highest BCUT2D eigenvalue weighted by molar-refractivity contribution is 7.98. The summed E-state index contributed by atoms with van der Waals surface area (Å²) in [6, 6.07) is 8.80. The van der Waals surface area contributed by atoms with Gasteiger partial charge in [-0.15, -0.1) is 0 Å². The quantitative estimate of drug-likeness (QED) is 0.903. The second-order valence-corrected chi connectivity index (χ2v) is 5.59. The predicted molar refractivity (Wildman–Crippen MR) is 76.7 cm³/mol. The van der Waals surface area contributed by atoms with E-state index in [1.54, 1.807) is 4.90 Å². The fraction of sp³-hybridized carbons (Fsp3) is 0.500. The Morgan fingerprint density at radius 2 is 2.28 bits per heavy atom. The molecule has 0 aliphatic carbocycles. The van der Waals surface area contributed by atoms with Crippen LogP contribution >= 0.6 is 11.8 Å². The van der Waals surface area contributed by atoms with Gasteiger partial charge in [-0.1, -0.05) is 24.3 Å². The van der Waals surface area contributed by atoms with Crippen LogP contribution in [0.25, 0.3) is 0 Å². The minimum Gasteiger partial charge on any atom is -0.345 e. The lowest BCUT2D eigenvalue weighted by atomic mass is 10.0. The second kappa shape index (κ2) is 6.25. The summed E-state index contributed by atoms with van der Waals surface area (Å²) in [5, 5.41) is 3.38. The summed E-state index contributed by atoms with van der Waals surface area (Å²) < 4.78 is 0. The van der Waals surface area contributed by atoms with Crippen molar-refractivity contribution in [2.45, 2.75) is 18.7 Å². The fourth-order valence-corrected chi connectivity index (χ4v) is 3.21. The lowest BCUT2D eigenvalue weighted by Gasteiger charge is -2.26. The van der Waals surface area contributed by atoms with Crippen molar-refractivity contribution in [1.82, 2.24) is 10.2 Å². The molecule has 0 radical (unpaired) electrons. The van der Waals surface area contributed by atoms with Crippen LogP contribution in [0.2, 0.25) is 0 Å². The standard InChI is InChI=1S/C14H20N2OS/c1-3-16(2)14(17)8-15-13-10-18-9-11-6-4-5-7-12(11)13/h4-7,13,15H,3,8-10H2,1-2H3. The smallest absolute Gasteiger partial charge is 0.236 e. The average Bonchev–Trinajstić information content (AvgIpc) is 2.43. The summed E-state index contributed by atoms with van der Waals surface area (Å²) in [6.07, 6.45) is 0. The van der Waals surface area contributed by atoms with Crippen LogP contribution in [0.5, 0.6) is 0 Å². The third-order valence-electron chi connectivity index (χ3n) is 3.37. The minimum atomic E-state index is 0.158. The van der Waals surface area contributed by atoms with Crippen LogP contribution in [0.4, 0.5) is 0 Å². The van der Waals surface area contributed by atoms with Gasteiger partial charge in [0, 0.05) is 31.1 Å². The number of likely N-dealkylation sites (N-methyl/N-ethyl adjacent to an activating group) is 1. The summed E-state index contributed by atoms with van der Waals surface area (Å²) in [7, 11) is 1.84. The van der Waals surface area contributed by atoms with E-state index >= 15 is 0 Å². The largest absolute Gasteiger partial charge is 0.345 e. The molecule has 1 aromatic rings. The van der Waals surface area contributed by atoms with E-state index in [1.165, 1.54) is 11.1 Å². The third-order valence-corrected chi connectivity index (χ3v) is 4.46. The monoisotopic (exact) mass is 264 g/mol. The molecule has 98 valence electrons. The van der Waals surface area contributed by atoms with Crippen molar-refractivity contribution in [3.63, 3.8) is 0 Å². The van der Waals surface area contributed by atoms with Gasteiger partial charge in [-0.3, -0.25) is 4.79 Å². The van der Waals surface area contributed by atoms with Gasteiger partial charge in [-0.05, 0) is 18.1 Å². The van der Waals surface area contributed by atoms with Crippen LogP contribution in [0, 0.1) is 0 Å². The van der Waals surface area contributed by atoms with Gasteiger partial charge in [0.15, 0.2) is 0 Å². The molecular formula is C14H20N2OS.